The summed E-state index contributed by atoms with van der Waals surface area (Å²) in [5.41, 5.74) is 17.0. The molecule has 0 saturated heterocycles. The largest absolute Gasteiger partial charge is 0.307 e. The minimum Gasteiger partial charge on any atom is -0.307 e. The molecule has 0 N–H and O–H groups in total. The van der Waals surface area contributed by atoms with Crippen LogP contribution in [0.4, 0.5) is 0 Å². The van der Waals surface area contributed by atoms with Gasteiger partial charge in [-0.2, -0.15) is 0 Å². The third-order valence-corrected chi connectivity index (χ3v) is 16.2. The minimum absolute atomic E-state index is 0.0820. The van der Waals surface area contributed by atoms with E-state index < -0.39 is 0 Å². The second kappa shape index (κ2) is 17.9. The molecule has 13 rings (SSSR count). The first-order chi connectivity index (χ1) is 37.7. The van der Waals surface area contributed by atoms with Crippen molar-refractivity contribution in [1.82, 2.24) is 33.6 Å². The molecule has 79 heavy (non-hydrogen) atoms. The Morgan fingerprint density at radius 3 is 1.03 bits per heavy atom. The van der Waals surface area contributed by atoms with E-state index in [0.717, 1.165) is 77.6 Å². The molecule has 0 bridgehead atoms. The van der Waals surface area contributed by atoms with E-state index in [2.05, 4.69) is 236 Å². The Morgan fingerprint density at radius 1 is 0.291 bits per heavy atom. The van der Waals surface area contributed by atoms with Crippen molar-refractivity contribution in [1.29, 1.82) is 0 Å². The molecule has 390 valence electrons. The number of fused-ring (bicyclic) bond motifs is 9. The zero-order valence-corrected chi connectivity index (χ0v) is 47.5. The quantitative estimate of drug-likeness (QED) is 0.166. The molecule has 0 aliphatic rings. The van der Waals surface area contributed by atoms with Crippen LogP contribution in [0.2, 0.25) is 0 Å². The van der Waals surface area contributed by atoms with Gasteiger partial charge < -0.3 is 13.7 Å². The summed E-state index contributed by atoms with van der Waals surface area (Å²) < 4.78 is 7.54. The molecule has 0 spiro atoms. The van der Waals surface area contributed by atoms with Crippen molar-refractivity contribution in [3.05, 3.63) is 211 Å². The smallest absolute Gasteiger partial charge is 0.164 e. The Hall–Kier alpha value is -8.68. The third kappa shape index (κ3) is 8.41. The molecule has 7 nitrogen and oxygen atoms in total. The summed E-state index contributed by atoms with van der Waals surface area (Å²) in [4.78, 5) is 20.9. The van der Waals surface area contributed by atoms with Crippen LogP contribution in [0.5, 0.6) is 0 Å². The Balaban J connectivity index is 1.28. The molecule has 8 aromatic carbocycles. The summed E-state index contributed by atoms with van der Waals surface area (Å²) in [6.45, 7) is 27.7. The van der Waals surface area contributed by atoms with Gasteiger partial charge in [0.05, 0.1) is 50.2 Å². The molecule has 0 atom stereocenters. The van der Waals surface area contributed by atoms with E-state index in [1.165, 1.54) is 43.8 Å². The van der Waals surface area contributed by atoms with Gasteiger partial charge in [0.2, 0.25) is 0 Å². The Morgan fingerprint density at radius 2 is 0.633 bits per heavy atom. The second-order valence-electron chi connectivity index (χ2n) is 25.7. The first-order valence-corrected chi connectivity index (χ1v) is 27.8. The van der Waals surface area contributed by atoms with Crippen LogP contribution in [0.1, 0.15) is 105 Å². The van der Waals surface area contributed by atoms with Crippen LogP contribution >= 0.6 is 0 Å². The molecule has 0 aliphatic heterocycles. The number of hydrogen-bond donors (Lipinski definition) is 0. The summed E-state index contributed by atoms with van der Waals surface area (Å²) in [7, 11) is 0. The van der Waals surface area contributed by atoms with Crippen molar-refractivity contribution in [3.8, 4) is 51.2 Å². The highest BCUT2D eigenvalue weighted by molar-refractivity contribution is 6.14. The Labute approximate surface area is 463 Å². The lowest BCUT2D eigenvalue weighted by molar-refractivity contribution is 0.590. The van der Waals surface area contributed by atoms with Gasteiger partial charge in [-0.3, -0.25) is 4.98 Å². The topological polar surface area (TPSA) is 66.3 Å². The maximum Gasteiger partial charge on any atom is 0.164 e. The Bertz CT molecular complexity index is 4140. The van der Waals surface area contributed by atoms with E-state index in [1.54, 1.807) is 0 Å². The first kappa shape index (κ1) is 49.9. The van der Waals surface area contributed by atoms with E-state index in [0.29, 0.717) is 17.5 Å². The highest BCUT2D eigenvalue weighted by Crippen LogP contribution is 2.47. The average Bonchev–Trinajstić information content (AvgIpc) is 3.65. The summed E-state index contributed by atoms with van der Waals surface area (Å²) >= 11 is 0. The number of hydrogen-bond acceptors (Lipinski definition) is 4. The van der Waals surface area contributed by atoms with Crippen LogP contribution in [0.15, 0.2) is 188 Å². The molecule has 0 unspecified atom stereocenters. The fourth-order valence-electron chi connectivity index (χ4n) is 11.7. The zero-order chi connectivity index (χ0) is 54.9. The van der Waals surface area contributed by atoms with E-state index in [9.17, 15) is 0 Å². The van der Waals surface area contributed by atoms with Gasteiger partial charge in [-0.15, -0.1) is 0 Å². The lowest BCUT2D eigenvalue weighted by atomic mass is 9.85. The molecule has 0 radical (unpaired) electrons. The summed E-state index contributed by atoms with van der Waals surface area (Å²) in [6, 6.07) is 64.7. The van der Waals surface area contributed by atoms with Crippen LogP contribution in [0, 0.1) is 0 Å². The van der Waals surface area contributed by atoms with Crippen molar-refractivity contribution in [2.45, 2.75) is 105 Å². The molecule has 0 saturated carbocycles. The van der Waals surface area contributed by atoms with Gasteiger partial charge in [-0.25, -0.2) is 15.0 Å². The van der Waals surface area contributed by atoms with Gasteiger partial charge in [0.25, 0.3) is 0 Å². The predicted molar refractivity (Wildman–Crippen MR) is 332 cm³/mol. The van der Waals surface area contributed by atoms with E-state index in [-0.39, 0.29) is 21.7 Å². The zero-order valence-electron chi connectivity index (χ0n) is 47.5. The second-order valence-corrected chi connectivity index (χ2v) is 25.7. The third-order valence-electron chi connectivity index (χ3n) is 16.2. The SMILES string of the molecule is CC(C)(C)c1ccc2c(c1)c1cc(C(C)(C)C)ccc1n2-c1cc(-c2nc(-c3ccccc3)nc(-c3ccccc3)n2)cc(-n2c3ccc(C(C)(C)C)cc3c3cc(C(C)(C)C)ccc32)c1-n1c2ccccc2c2cnccc21. The van der Waals surface area contributed by atoms with Gasteiger partial charge >= 0.3 is 0 Å². The maximum atomic E-state index is 5.48. The van der Waals surface area contributed by atoms with Crippen LogP contribution in [-0.2, 0) is 21.7 Å². The lowest BCUT2D eigenvalue weighted by Crippen LogP contribution is -2.12. The Kier molecular flexibility index (Phi) is 11.3. The molecule has 13 aromatic rings. The summed E-state index contributed by atoms with van der Waals surface area (Å²) in [6.07, 6.45) is 3.95. The van der Waals surface area contributed by atoms with Crippen LogP contribution < -0.4 is 0 Å². The van der Waals surface area contributed by atoms with Crippen molar-refractivity contribution < 1.29 is 0 Å². The van der Waals surface area contributed by atoms with Crippen molar-refractivity contribution in [2.24, 2.45) is 0 Å². The van der Waals surface area contributed by atoms with Crippen LogP contribution in [0.3, 0.4) is 0 Å². The maximum absolute atomic E-state index is 5.48. The average molecular weight is 1030 g/mol. The minimum atomic E-state index is -0.0820. The van der Waals surface area contributed by atoms with Crippen molar-refractivity contribution in [2.75, 3.05) is 0 Å². The molecular weight excluding hydrogens is 963 g/mol. The van der Waals surface area contributed by atoms with E-state index in [1.807, 2.05) is 48.8 Å². The van der Waals surface area contributed by atoms with E-state index >= 15 is 0 Å². The van der Waals surface area contributed by atoms with Crippen molar-refractivity contribution in [3.63, 3.8) is 0 Å². The fourth-order valence-corrected chi connectivity index (χ4v) is 11.7. The van der Waals surface area contributed by atoms with E-state index in [4.69, 9.17) is 19.9 Å². The van der Waals surface area contributed by atoms with Crippen LogP contribution in [-0.4, -0.2) is 33.6 Å². The normalized spacial score (nSPS) is 12.8. The van der Waals surface area contributed by atoms with Crippen molar-refractivity contribution >= 4 is 65.4 Å². The van der Waals surface area contributed by atoms with Gasteiger partial charge in [0, 0.05) is 61.4 Å². The predicted octanol–water partition coefficient (Wildman–Crippen LogP) is 18.7. The molecule has 7 heteroatoms. The molecule has 5 heterocycles. The van der Waals surface area contributed by atoms with Gasteiger partial charge in [-0.05, 0) is 117 Å². The number of pyridine rings is 1. The molecule has 0 fully saturated rings. The van der Waals surface area contributed by atoms with Gasteiger partial charge in [-0.1, -0.05) is 186 Å². The molecule has 0 aliphatic carbocycles. The molecule has 0 amide bonds. The number of nitrogens with zero attached hydrogens (tertiary/aromatic N) is 7. The van der Waals surface area contributed by atoms with Gasteiger partial charge in [0.1, 0.15) is 0 Å². The monoisotopic (exact) mass is 1030 g/mol. The fraction of sp³-hybridized carbons (Fsp3) is 0.222. The van der Waals surface area contributed by atoms with Gasteiger partial charge in [0.15, 0.2) is 17.5 Å². The highest BCUT2D eigenvalue weighted by atomic mass is 15.1. The van der Waals surface area contributed by atoms with Crippen LogP contribution in [0.25, 0.3) is 117 Å². The number of rotatable bonds is 6. The summed E-state index contributed by atoms with van der Waals surface area (Å²) in [5.74, 6) is 1.79. The molecule has 5 aromatic heterocycles. The standard InChI is InChI=1S/C72H67N7/c1-69(2,3)47-27-31-58-52(39-47)53-40-48(70(4,5)6)28-32-59(53)77(58)63-37-46(68-75-66(44-21-15-13-16-22-44)74-67(76-68)45-23-17-14-18-24-45)38-64(65(63)79-57-26-20-19-25-51(57)56-43-73-36-35-62(56)79)78-60-33-29-49(71(7,8)9)41-54(60)55-42-50(72(10,11)12)30-34-61(55)78/h13-43H,1-12H3. The summed E-state index contributed by atoms with van der Waals surface area (Å²) in [5, 5.41) is 7.03. The number of aromatic nitrogens is 7. The highest BCUT2D eigenvalue weighted by Gasteiger charge is 2.30. The first-order valence-electron chi connectivity index (χ1n) is 27.8. The number of para-hydroxylation sites is 1. The number of benzene rings is 8. The molecular formula is C72H67N7. The lowest BCUT2D eigenvalue weighted by Gasteiger charge is -2.24.